The van der Waals surface area contributed by atoms with Crippen molar-refractivity contribution >= 4 is 17.4 Å². The van der Waals surface area contributed by atoms with Gasteiger partial charge in [0.05, 0.1) is 10.6 Å². The number of halogens is 1. The summed E-state index contributed by atoms with van der Waals surface area (Å²) in [7, 11) is 0. The Morgan fingerprint density at radius 1 is 1.40 bits per heavy atom. The number of unbranched alkanes of at least 4 members (excludes halogenated alkanes) is 2. The molecule has 0 aliphatic carbocycles. The predicted octanol–water partition coefficient (Wildman–Crippen LogP) is 3.81. The van der Waals surface area contributed by atoms with Crippen LogP contribution in [0.1, 0.15) is 43.0 Å². The van der Waals surface area contributed by atoms with E-state index in [2.05, 4.69) is 6.92 Å². The largest absolute Gasteiger partial charge is 0.506 e. The molecule has 0 aliphatic heterocycles. The molecule has 0 bridgehead atoms. The Morgan fingerprint density at radius 3 is 2.80 bits per heavy atom. The lowest BCUT2D eigenvalue weighted by Gasteiger charge is -2.04. The number of carbonyl (C=O) groups is 1. The minimum atomic E-state index is -0.0966. The summed E-state index contributed by atoms with van der Waals surface area (Å²) in [6.45, 7) is 2.08. The Hall–Kier alpha value is -1.02. The number of phenols is 1. The quantitative estimate of drug-likeness (QED) is 0.612. The van der Waals surface area contributed by atoms with Crippen molar-refractivity contribution in [2.45, 2.75) is 32.6 Å². The molecule has 0 saturated carbocycles. The predicted molar refractivity (Wildman–Crippen MR) is 61.6 cm³/mol. The van der Waals surface area contributed by atoms with Gasteiger partial charge in [0.25, 0.3) is 0 Å². The molecule has 0 fully saturated rings. The van der Waals surface area contributed by atoms with Crippen molar-refractivity contribution in [3.63, 3.8) is 0 Å². The number of benzene rings is 1. The zero-order valence-electron chi connectivity index (χ0n) is 8.79. The molecule has 0 spiro atoms. The van der Waals surface area contributed by atoms with Crippen LogP contribution in [0.15, 0.2) is 18.2 Å². The van der Waals surface area contributed by atoms with Crippen molar-refractivity contribution in [2.75, 3.05) is 0 Å². The van der Waals surface area contributed by atoms with Crippen LogP contribution in [-0.2, 0) is 0 Å². The molecule has 1 rings (SSSR count). The Labute approximate surface area is 94.9 Å². The molecule has 0 heterocycles. The van der Waals surface area contributed by atoms with E-state index in [4.69, 9.17) is 11.6 Å². The van der Waals surface area contributed by atoms with Crippen LogP contribution in [0.3, 0.4) is 0 Å². The van der Waals surface area contributed by atoms with Crippen molar-refractivity contribution in [3.05, 3.63) is 28.8 Å². The average Bonchev–Trinajstić information content (AvgIpc) is 2.22. The van der Waals surface area contributed by atoms with Gasteiger partial charge in [-0.2, -0.15) is 0 Å². The summed E-state index contributed by atoms with van der Waals surface area (Å²) in [6, 6.07) is 4.85. The minimum Gasteiger partial charge on any atom is -0.506 e. The maximum atomic E-state index is 11.7. The first kappa shape index (κ1) is 12.1. The van der Waals surface area contributed by atoms with E-state index in [-0.39, 0.29) is 16.6 Å². The van der Waals surface area contributed by atoms with E-state index in [1.54, 1.807) is 18.2 Å². The number of hydrogen-bond donors (Lipinski definition) is 1. The lowest BCUT2D eigenvalue weighted by Crippen LogP contribution is -1.99. The van der Waals surface area contributed by atoms with Crippen molar-refractivity contribution in [1.29, 1.82) is 0 Å². The van der Waals surface area contributed by atoms with Gasteiger partial charge >= 0.3 is 0 Å². The second-order valence-electron chi connectivity index (χ2n) is 3.52. The fourth-order valence-corrected chi connectivity index (χ4v) is 1.59. The van der Waals surface area contributed by atoms with Gasteiger partial charge < -0.3 is 5.11 Å². The monoisotopic (exact) mass is 226 g/mol. The highest BCUT2D eigenvalue weighted by Gasteiger charge is 2.12. The van der Waals surface area contributed by atoms with Gasteiger partial charge in [0.2, 0.25) is 0 Å². The van der Waals surface area contributed by atoms with Crippen LogP contribution >= 0.6 is 11.6 Å². The van der Waals surface area contributed by atoms with Crippen LogP contribution in [-0.4, -0.2) is 10.9 Å². The zero-order valence-corrected chi connectivity index (χ0v) is 9.55. The van der Waals surface area contributed by atoms with Gasteiger partial charge in [0, 0.05) is 6.42 Å². The molecule has 0 radical (unpaired) electrons. The van der Waals surface area contributed by atoms with Crippen LogP contribution in [0, 0.1) is 0 Å². The highest BCUT2D eigenvalue weighted by atomic mass is 35.5. The molecular weight excluding hydrogens is 212 g/mol. The van der Waals surface area contributed by atoms with E-state index in [1.807, 2.05) is 0 Å². The molecule has 0 saturated heterocycles. The van der Waals surface area contributed by atoms with Crippen molar-refractivity contribution < 1.29 is 9.90 Å². The number of Topliss-reactive ketones (excluding diaryl/α,β-unsaturated/α-hetero) is 1. The third-order valence-electron chi connectivity index (χ3n) is 2.29. The minimum absolute atomic E-state index is 0.0385. The third kappa shape index (κ3) is 3.24. The lowest BCUT2D eigenvalue weighted by atomic mass is 10.0. The van der Waals surface area contributed by atoms with E-state index in [0.29, 0.717) is 12.0 Å². The van der Waals surface area contributed by atoms with Gasteiger partial charge in [-0.05, 0) is 18.6 Å². The maximum Gasteiger partial charge on any atom is 0.166 e. The van der Waals surface area contributed by atoms with Crippen molar-refractivity contribution in [2.24, 2.45) is 0 Å². The van der Waals surface area contributed by atoms with Crippen LogP contribution in [0.25, 0.3) is 0 Å². The number of ketones is 1. The van der Waals surface area contributed by atoms with Crippen molar-refractivity contribution in [1.82, 2.24) is 0 Å². The summed E-state index contributed by atoms with van der Waals surface area (Å²) in [4.78, 5) is 11.7. The summed E-state index contributed by atoms with van der Waals surface area (Å²) < 4.78 is 0. The topological polar surface area (TPSA) is 37.3 Å². The number of aromatic hydroxyl groups is 1. The lowest BCUT2D eigenvalue weighted by molar-refractivity contribution is 0.0976. The molecule has 1 aromatic carbocycles. The molecule has 0 aliphatic rings. The second-order valence-corrected chi connectivity index (χ2v) is 3.92. The van der Waals surface area contributed by atoms with E-state index in [0.717, 1.165) is 19.3 Å². The van der Waals surface area contributed by atoms with E-state index < -0.39 is 0 Å². The highest BCUT2D eigenvalue weighted by Crippen LogP contribution is 2.28. The maximum absolute atomic E-state index is 11.7. The SMILES string of the molecule is CCCCCC(=O)c1cccc(Cl)c1O. The average molecular weight is 227 g/mol. The molecule has 1 N–H and O–H groups in total. The van der Waals surface area contributed by atoms with Gasteiger partial charge in [0.15, 0.2) is 5.78 Å². The van der Waals surface area contributed by atoms with Gasteiger partial charge in [-0.25, -0.2) is 0 Å². The van der Waals surface area contributed by atoms with Gasteiger partial charge in [-0.15, -0.1) is 0 Å². The van der Waals surface area contributed by atoms with Crippen LogP contribution < -0.4 is 0 Å². The molecule has 82 valence electrons. The Kier molecular flexibility index (Phi) is 4.63. The fourth-order valence-electron chi connectivity index (χ4n) is 1.41. The zero-order chi connectivity index (χ0) is 11.3. The summed E-state index contributed by atoms with van der Waals surface area (Å²) in [5.74, 6) is -0.135. The van der Waals surface area contributed by atoms with Gasteiger partial charge in [-0.1, -0.05) is 37.4 Å². The molecule has 0 atom stereocenters. The molecule has 3 heteroatoms. The number of rotatable bonds is 5. The fraction of sp³-hybridized carbons (Fsp3) is 0.417. The number of para-hydroxylation sites is 1. The van der Waals surface area contributed by atoms with Crippen molar-refractivity contribution in [3.8, 4) is 5.75 Å². The molecule has 0 amide bonds. The first-order chi connectivity index (χ1) is 7.16. The summed E-state index contributed by atoms with van der Waals surface area (Å²) >= 11 is 5.72. The molecule has 15 heavy (non-hydrogen) atoms. The normalized spacial score (nSPS) is 10.3. The first-order valence-corrected chi connectivity index (χ1v) is 5.55. The summed E-state index contributed by atoms with van der Waals surface area (Å²) in [6.07, 6.45) is 3.45. The summed E-state index contributed by atoms with van der Waals surface area (Å²) in [5.41, 5.74) is 0.332. The standard InChI is InChI=1S/C12H15ClO2/c1-2-3-4-8-11(14)9-6-5-7-10(13)12(9)15/h5-7,15H,2-4,8H2,1H3. The van der Waals surface area contributed by atoms with E-state index in [9.17, 15) is 9.90 Å². The second kappa shape index (κ2) is 5.76. The first-order valence-electron chi connectivity index (χ1n) is 5.17. The number of hydrogen-bond acceptors (Lipinski definition) is 2. The smallest absolute Gasteiger partial charge is 0.166 e. The number of carbonyl (C=O) groups excluding carboxylic acids is 1. The van der Waals surface area contributed by atoms with Crippen LogP contribution in [0.2, 0.25) is 5.02 Å². The number of phenolic OH excluding ortho intramolecular Hbond substituents is 1. The third-order valence-corrected chi connectivity index (χ3v) is 2.60. The molecular formula is C12H15ClO2. The van der Waals surface area contributed by atoms with E-state index >= 15 is 0 Å². The van der Waals surface area contributed by atoms with E-state index in [1.165, 1.54) is 0 Å². The summed E-state index contributed by atoms with van der Waals surface area (Å²) in [5, 5.41) is 9.80. The van der Waals surface area contributed by atoms with Crippen LogP contribution in [0.5, 0.6) is 5.75 Å². The Balaban J connectivity index is 2.69. The van der Waals surface area contributed by atoms with Gasteiger partial charge in [-0.3, -0.25) is 4.79 Å². The molecule has 2 nitrogen and oxygen atoms in total. The Bertz CT molecular complexity index is 347. The highest BCUT2D eigenvalue weighted by molar-refractivity contribution is 6.32. The molecule has 0 unspecified atom stereocenters. The Morgan fingerprint density at radius 2 is 2.13 bits per heavy atom. The van der Waals surface area contributed by atoms with Gasteiger partial charge in [0.1, 0.15) is 5.75 Å². The molecule has 1 aromatic rings. The molecule has 0 aromatic heterocycles. The van der Waals surface area contributed by atoms with Crippen LogP contribution in [0.4, 0.5) is 0 Å².